The number of hydrogen-bond acceptors (Lipinski definition) is 5. The van der Waals surface area contributed by atoms with Crippen LogP contribution < -0.4 is 4.74 Å². The molecule has 0 radical (unpaired) electrons. The van der Waals surface area contributed by atoms with Gasteiger partial charge < -0.3 is 4.74 Å². The summed E-state index contributed by atoms with van der Waals surface area (Å²) in [5.41, 5.74) is 2.85. The molecule has 1 heterocycles. The first-order chi connectivity index (χ1) is 15.5. The summed E-state index contributed by atoms with van der Waals surface area (Å²) in [6, 6.07) is 24.5. The van der Waals surface area contributed by atoms with Crippen LogP contribution in [-0.4, -0.2) is 16.0 Å². The van der Waals surface area contributed by atoms with Gasteiger partial charge in [-0.3, -0.25) is 14.5 Å². The van der Waals surface area contributed by atoms with Gasteiger partial charge in [-0.1, -0.05) is 48.5 Å². The second-order valence-corrected chi connectivity index (χ2v) is 9.23. The van der Waals surface area contributed by atoms with Crippen LogP contribution in [0.1, 0.15) is 22.3 Å². The van der Waals surface area contributed by atoms with Crippen molar-refractivity contribution in [3.8, 4) is 11.8 Å². The molecule has 158 valence electrons. The van der Waals surface area contributed by atoms with E-state index >= 15 is 0 Å². The number of hydrogen-bond donors (Lipinski definition) is 0. The number of nitriles is 1. The highest BCUT2D eigenvalue weighted by molar-refractivity contribution is 14.1. The van der Waals surface area contributed by atoms with Crippen LogP contribution in [0, 0.1) is 14.9 Å². The van der Waals surface area contributed by atoms with Gasteiger partial charge in [0.1, 0.15) is 12.4 Å². The third-order valence-electron chi connectivity index (χ3n) is 4.85. The van der Waals surface area contributed by atoms with Crippen molar-refractivity contribution >= 4 is 51.6 Å². The van der Waals surface area contributed by atoms with E-state index < -0.39 is 0 Å². The maximum absolute atomic E-state index is 12.9. The van der Waals surface area contributed by atoms with Gasteiger partial charge in [0.25, 0.3) is 11.1 Å². The summed E-state index contributed by atoms with van der Waals surface area (Å²) in [5, 5.41) is 8.92. The van der Waals surface area contributed by atoms with Crippen molar-refractivity contribution in [2.24, 2.45) is 0 Å². The molecule has 3 aromatic rings. The second kappa shape index (κ2) is 10.0. The molecule has 32 heavy (non-hydrogen) atoms. The number of carbonyl (C=O) groups excluding carboxylic acids is 2. The van der Waals surface area contributed by atoms with Gasteiger partial charge in [0.05, 0.1) is 23.1 Å². The van der Waals surface area contributed by atoms with Gasteiger partial charge in [0.2, 0.25) is 0 Å². The van der Waals surface area contributed by atoms with Gasteiger partial charge in [0.15, 0.2) is 0 Å². The lowest BCUT2D eigenvalue weighted by Gasteiger charge is -2.13. The minimum absolute atomic E-state index is 0.0662. The number of imide groups is 1. The predicted octanol–water partition coefficient (Wildman–Crippen LogP) is 5.98. The standard InChI is InChI=1S/C25H17IN2O3S/c26-21-11-9-17(10-12-21)16-31-22-8-4-3-5-18(22)13-23-24(29)28(25(30)32-23)15-20-7-2-1-6-19(20)14-27/h1-13H,15-16H2/b23-13+. The second-order valence-electron chi connectivity index (χ2n) is 6.99. The van der Waals surface area contributed by atoms with Crippen LogP contribution in [0.3, 0.4) is 0 Å². The highest BCUT2D eigenvalue weighted by Crippen LogP contribution is 2.35. The normalized spacial score (nSPS) is 14.6. The molecule has 7 heteroatoms. The van der Waals surface area contributed by atoms with E-state index in [0.717, 1.165) is 26.5 Å². The molecule has 0 unspecified atom stereocenters. The van der Waals surface area contributed by atoms with Crippen molar-refractivity contribution in [2.75, 3.05) is 0 Å². The van der Waals surface area contributed by atoms with Crippen LogP contribution >= 0.6 is 34.4 Å². The minimum atomic E-state index is -0.375. The van der Waals surface area contributed by atoms with E-state index in [0.29, 0.717) is 28.4 Å². The zero-order valence-electron chi connectivity index (χ0n) is 16.8. The first-order valence-electron chi connectivity index (χ1n) is 9.75. The quantitative estimate of drug-likeness (QED) is 0.278. The maximum atomic E-state index is 12.9. The van der Waals surface area contributed by atoms with E-state index in [1.165, 1.54) is 4.90 Å². The van der Waals surface area contributed by atoms with Crippen molar-refractivity contribution in [1.29, 1.82) is 5.26 Å². The lowest BCUT2D eigenvalue weighted by molar-refractivity contribution is -0.123. The molecule has 1 aliphatic heterocycles. The lowest BCUT2D eigenvalue weighted by Crippen LogP contribution is -2.27. The van der Waals surface area contributed by atoms with Crippen LogP contribution in [0.2, 0.25) is 0 Å². The number of carbonyl (C=O) groups is 2. The molecule has 0 saturated carbocycles. The van der Waals surface area contributed by atoms with E-state index in [9.17, 15) is 14.9 Å². The Kier molecular flexibility index (Phi) is 6.93. The zero-order valence-corrected chi connectivity index (χ0v) is 19.8. The molecule has 0 spiro atoms. The van der Waals surface area contributed by atoms with Gasteiger partial charge in [-0.05, 0) is 75.8 Å². The largest absolute Gasteiger partial charge is 0.488 e. The van der Waals surface area contributed by atoms with Crippen LogP contribution in [0.15, 0.2) is 77.7 Å². The Hall–Kier alpha value is -3.09. The molecule has 0 aromatic heterocycles. The van der Waals surface area contributed by atoms with Crippen molar-refractivity contribution < 1.29 is 14.3 Å². The van der Waals surface area contributed by atoms with Crippen molar-refractivity contribution in [3.05, 3.63) is 104 Å². The molecule has 3 aromatic carbocycles. The Balaban J connectivity index is 1.53. The summed E-state index contributed by atoms with van der Waals surface area (Å²) in [4.78, 5) is 27.0. The van der Waals surface area contributed by atoms with Gasteiger partial charge in [-0.15, -0.1) is 0 Å². The fourth-order valence-electron chi connectivity index (χ4n) is 3.19. The summed E-state index contributed by atoms with van der Waals surface area (Å²) in [6.07, 6.45) is 1.68. The Morgan fingerprint density at radius 3 is 2.50 bits per heavy atom. The lowest BCUT2D eigenvalue weighted by atomic mass is 10.1. The molecule has 0 aliphatic carbocycles. The molecule has 1 aliphatic rings. The van der Waals surface area contributed by atoms with Gasteiger partial charge in [-0.25, -0.2) is 0 Å². The SMILES string of the molecule is N#Cc1ccccc1CN1C(=O)S/C(=C/c2ccccc2OCc2ccc(I)cc2)C1=O. The number of ether oxygens (including phenoxy) is 1. The van der Waals surface area contributed by atoms with Crippen molar-refractivity contribution in [3.63, 3.8) is 0 Å². The highest BCUT2D eigenvalue weighted by Gasteiger charge is 2.35. The molecule has 5 nitrogen and oxygen atoms in total. The first kappa shape index (κ1) is 22.1. The van der Waals surface area contributed by atoms with Crippen LogP contribution in [0.5, 0.6) is 5.75 Å². The molecule has 1 fully saturated rings. The molecule has 0 N–H and O–H groups in total. The number of rotatable bonds is 6. The number of para-hydroxylation sites is 1. The summed E-state index contributed by atoms with van der Waals surface area (Å²) in [5.74, 6) is 0.257. The van der Waals surface area contributed by atoms with Gasteiger partial charge >= 0.3 is 0 Å². The maximum Gasteiger partial charge on any atom is 0.293 e. The molecular weight excluding hydrogens is 535 g/mol. The summed E-state index contributed by atoms with van der Waals surface area (Å²) < 4.78 is 7.14. The molecular formula is C25H17IN2O3S. The third-order valence-corrected chi connectivity index (χ3v) is 6.48. The average molecular weight is 552 g/mol. The Morgan fingerprint density at radius 2 is 1.72 bits per heavy atom. The Labute approximate surface area is 203 Å². The molecule has 2 amide bonds. The number of thioether (sulfide) groups is 1. The van der Waals surface area contributed by atoms with E-state index in [-0.39, 0.29) is 17.7 Å². The van der Waals surface area contributed by atoms with Crippen LogP contribution in [0.25, 0.3) is 6.08 Å². The Bertz CT molecular complexity index is 1250. The number of benzene rings is 3. The minimum Gasteiger partial charge on any atom is -0.488 e. The zero-order chi connectivity index (χ0) is 22.5. The summed E-state index contributed by atoms with van der Waals surface area (Å²) >= 11 is 3.15. The Morgan fingerprint density at radius 1 is 1.00 bits per heavy atom. The summed E-state index contributed by atoms with van der Waals surface area (Å²) in [7, 11) is 0. The number of nitrogens with zero attached hydrogens (tertiary/aromatic N) is 2. The molecule has 0 atom stereocenters. The van der Waals surface area contributed by atoms with E-state index in [1.807, 2.05) is 48.5 Å². The fourth-order valence-corrected chi connectivity index (χ4v) is 4.38. The first-order valence-corrected chi connectivity index (χ1v) is 11.6. The van der Waals surface area contributed by atoms with Crippen molar-refractivity contribution in [1.82, 2.24) is 4.90 Å². The van der Waals surface area contributed by atoms with Gasteiger partial charge in [-0.2, -0.15) is 5.26 Å². The monoisotopic (exact) mass is 552 g/mol. The fraction of sp³-hybridized carbons (Fsp3) is 0.0800. The molecule has 1 saturated heterocycles. The smallest absolute Gasteiger partial charge is 0.293 e. The topological polar surface area (TPSA) is 70.4 Å². The van der Waals surface area contributed by atoms with Crippen LogP contribution in [-0.2, 0) is 17.9 Å². The van der Waals surface area contributed by atoms with Gasteiger partial charge in [0, 0.05) is 9.13 Å². The number of halogens is 1. The molecule has 0 bridgehead atoms. The van der Waals surface area contributed by atoms with E-state index in [1.54, 1.807) is 30.3 Å². The predicted molar refractivity (Wildman–Crippen MR) is 133 cm³/mol. The molecule has 4 rings (SSSR count). The average Bonchev–Trinajstić information content (AvgIpc) is 3.07. The summed E-state index contributed by atoms with van der Waals surface area (Å²) in [6.45, 7) is 0.463. The highest BCUT2D eigenvalue weighted by atomic mass is 127. The van der Waals surface area contributed by atoms with E-state index in [4.69, 9.17) is 4.74 Å². The van der Waals surface area contributed by atoms with Crippen molar-refractivity contribution in [2.45, 2.75) is 13.2 Å². The van der Waals surface area contributed by atoms with E-state index in [2.05, 4.69) is 28.7 Å². The number of amides is 2. The van der Waals surface area contributed by atoms with Crippen LogP contribution in [0.4, 0.5) is 4.79 Å². The third kappa shape index (κ3) is 5.03.